The zero-order valence-electron chi connectivity index (χ0n) is 16.6. The van der Waals surface area contributed by atoms with Crippen LogP contribution in [0.5, 0.6) is 0 Å². The van der Waals surface area contributed by atoms with Gasteiger partial charge in [0.05, 0.1) is 10.6 Å². The van der Waals surface area contributed by atoms with Crippen molar-refractivity contribution in [1.29, 1.82) is 0 Å². The largest absolute Gasteiger partial charge is 0.298 e. The molecule has 0 aliphatic carbocycles. The van der Waals surface area contributed by atoms with Gasteiger partial charge in [-0.15, -0.1) is 11.3 Å². The average Bonchev–Trinajstić information content (AvgIpc) is 3.20. The number of halogens is 1. The van der Waals surface area contributed by atoms with E-state index >= 15 is 0 Å². The Hall–Kier alpha value is -2.07. The molecule has 0 bridgehead atoms. The number of rotatable bonds is 8. The maximum atomic E-state index is 12.6. The SMILES string of the molecule is CCCCN(C)S(=O)(=O)c1ccc(C(=O)Nc2nc(-c3ccc(Br)cc3)cs2)cc1. The van der Waals surface area contributed by atoms with E-state index in [1.165, 1.54) is 39.9 Å². The number of hydrogen-bond donors (Lipinski definition) is 1. The number of carbonyl (C=O) groups is 1. The summed E-state index contributed by atoms with van der Waals surface area (Å²) in [6.07, 6.45) is 1.71. The van der Waals surface area contributed by atoms with Crippen LogP contribution in [-0.2, 0) is 10.0 Å². The minimum absolute atomic E-state index is 0.171. The highest BCUT2D eigenvalue weighted by atomic mass is 79.9. The number of carbonyl (C=O) groups excluding carboxylic acids is 1. The van der Waals surface area contributed by atoms with E-state index in [4.69, 9.17) is 0 Å². The number of unbranched alkanes of at least 4 members (excludes halogenated alkanes) is 1. The van der Waals surface area contributed by atoms with Crippen LogP contribution in [0.3, 0.4) is 0 Å². The van der Waals surface area contributed by atoms with Crippen LogP contribution in [0.4, 0.5) is 5.13 Å². The predicted molar refractivity (Wildman–Crippen MR) is 124 cm³/mol. The van der Waals surface area contributed by atoms with E-state index in [1.54, 1.807) is 7.05 Å². The van der Waals surface area contributed by atoms with Crippen molar-refractivity contribution in [1.82, 2.24) is 9.29 Å². The second-order valence-corrected chi connectivity index (χ2v) is 10.5. The van der Waals surface area contributed by atoms with Gasteiger partial charge in [0.15, 0.2) is 5.13 Å². The quantitative estimate of drug-likeness (QED) is 0.451. The minimum atomic E-state index is -3.55. The Morgan fingerprint density at radius 1 is 1.13 bits per heavy atom. The third-order valence-corrected chi connectivity index (χ3v) is 7.67. The molecule has 0 aliphatic rings. The lowest BCUT2D eigenvalue weighted by Gasteiger charge is -2.16. The van der Waals surface area contributed by atoms with Crippen molar-refractivity contribution >= 4 is 48.3 Å². The van der Waals surface area contributed by atoms with Crippen LogP contribution < -0.4 is 5.32 Å². The van der Waals surface area contributed by atoms with E-state index < -0.39 is 10.0 Å². The summed E-state index contributed by atoms with van der Waals surface area (Å²) >= 11 is 4.74. The third kappa shape index (κ3) is 5.34. The van der Waals surface area contributed by atoms with Crippen molar-refractivity contribution in [2.75, 3.05) is 18.9 Å². The van der Waals surface area contributed by atoms with Gasteiger partial charge in [0.2, 0.25) is 10.0 Å². The van der Waals surface area contributed by atoms with Gasteiger partial charge in [-0.2, -0.15) is 0 Å². The molecular formula is C21H22BrN3O3S2. The molecular weight excluding hydrogens is 486 g/mol. The summed E-state index contributed by atoms with van der Waals surface area (Å²) in [4.78, 5) is 17.2. The van der Waals surface area contributed by atoms with E-state index in [0.29, 0.717) is 17.2 Å². The highest BCUT2D eigenvalue weighted by Gasteiger charge is 2.20. The molecule has 6 nitrogen and oxygen atoms in total. The van der Waals surface area contributed by atoms with Crippen molar-refractivity contribution in [2.24, 2.45) is 0 Å². The lowest BCUT2D eigenvalue weighted by molar-refractivity contribution is 0.102. The van der Waals surface area contributed by atoms with Gasteiger partial charge < -0.3 is 0 Å². The van der Waals surface area contributed by atoms with Gasteiger partial charge in [-0.1, -0.05) is 41.4 Å². The second-order valence-electron chi connectivity index (χ2n) is 6.70. The first kappa shape index (κ1) is 22.6. The molecule has 1 N–H and O–H groups in total. The first-order valence-corrected chi connectivity index (χ1v) is 12.5. The molecule has 1 heterocycles. The first-order valence-electron chi connectivity index (χ1n) is 9.40. The number of aromatic nitrogens is 1. The molecule has 1 aromatic heterocycles. The number of thiazole rings is 1. The standard InChI is InChI=1S/C21H22BrN3O3S2/c1-3-4-13-25(2)30(27,28)18-11-7-16(8-12-18)20(26)24-21-23-19(14-29-21)15-5-9-17(22)10-6-15/h5-12,14H,3-4,13H2,1-2H3,(H,23,24,26). The molecule has 0 unspecified atom stereocenters. The van der Waals surface area contributed by atoms with Crippen molar-refractivity contribution in [3.63, 3.8) is 0 Å². The summed E-state index contributed by atoms with van der Waals surface area (Å²) in [5, 5.41) is 5.12. The zero-order valence-corrected chi connectivity index (χ0v) is 19.9. The van der Waals surface area contributed by atoms with Gasteiger partial charge in [0.1, 0.15) is 0 Å². The highest BCUT2D eigenvalue weighted by Crippen LogP contribution is 2.26. The number of amides is 1. The van der Waals surface area contributed by atoms with Gasteiger partial charge in [-0.25, -0.2) is 17.7 Å². The Bertz CT molecular complexity index is 1110. The van der Waals surface area contributed by atoms with Gasteiger partial charge in [-0.05, 0) is 42.8 Å². The van der Waals surface area contributed by atoms with Gasteiger partial charge in [-0.3, -0.25) is 10.1 Å². The molecule has 1 amide bonds. The fourth-order valence-electron chi connectivity index (χ4n) is 2.71. The van der Waals surface area contributed by atoms with Crippen molar-refractivity contribution in [3.05, 3.63) is 63.9 Å². The van der Waals surface area contributed by atoms with E-state index in [1.807, 2.05) is 36.6 Å². The Morgan fingerprint density at radius 3 is 2.43 bits per heavy atom. The maximum Gasteiger partial charge on any atom is 0.257 e. The lowest BCUT2D eigenvalue weighted by Crippen LogP contribution is -2.28. The van der Waals surface area contributed by atoms with E-state index in [0.717, 1.165) is 28.6 Å². The van der Waals surface area contributed by atoms with E-state index in [2.05, 4.69) is 26.2 Å². The molecule has 0 radical (unpaired) electrons. The third-order valence-electron chi connectivity index (χ3n) is 4.52. The summed E-state index contributed by atoms with van der Waals surface area (Å²) in [7, 11) is -1.99. The van der Waals surface area contributed by atoms with Crippen LogP contribution >= 0.6 is 27.3 Å². The molecule has 9 heteroatoms. The van der Waals surface area contributed by atoms with Crippen molar-refractivity contribution in [2.45, 2.75) is 24.7 Å². The Morgan fingerprint density at radius 2 is 1.80 bits per heavy atom. The number of nitrogens with zero attached hydrogens (tertiary/aromatic N) is 2. The van der Waals surface area contributed by atoms with E-state index in [-0.39, 0.29) is 10.8 Å². The molecule has 3 aromatic rings. The number of hydrogen-bond acceptors (Lipinski definition) is 5. The van der Waals surface area contributed by atoms with Gasteiger partial charge >= 0.3 is 0 Å². The number of sulfonamides is 1. The molecule has 2 aromatic carbocycles. The first-order chi connectivity index (χ1) is 14.3. The van der Waals surface area contributed by atoms with Crippen LogP contribution in [0.25, 0.3) is 11.3 Å². The summed E-state index contributed by atoms with van der Waals surface area (Å²) < 4.78 is 27.5. The number of benzene rings is 2. The summed E-state index contributed by atoms with van der Waals surface area (Å²) in [5.41, 5.74) is 2.10. The summed E-state index contributed by atoms with van der Waals surface area (Å²) in [6.45, 7) is 2.48. The normalized spacial score (nSPS) is 11.6. The molecule has 30 heavy (non-hydrogen) atoms. The maximum absolute atomic E-state index is 12.6. The predicted octanol–water partition coefficient (Wildman–Crippen LogP) is 5.25. The topological polar surface area (TPSA) is 79.4 Å². The van der Waals surface area contributed by atoms with Crippen LogP contribution in [-0.4, -0.2) is 37.2 Å². The van der Waals surface area contributed by atoms with Gasteiger partial charge in [0, 0.05) is 34.6 Å². The molecule has 3 rings (SSSR count). The van der Waals surface area contributed by atoms with Crippen molar-refractivity contribution in [3.8, 4) is 11.3 Å². The molecule has 158 valence electrons. The fraction of sp³-hybridized carbons (Fsp3) is 0.238. The summed E-state index contributed by atoms with van der Waals surface area (Å²) in [6, 6.07) is 13.7. The Balaban J connectivity index is 1.69. The molecule has 0 spiro atoms. The molecule has 0 saturated heterocycles. The van der Waals surface area contributed by atoms with Crippen LogP contribution in [0.2, 0.25) is 0 Å². The summed E-state index contributed by atoms with van der Waals surface area (Å²) in [5.74, 6) is -0.338. The zero-order chi connectivity index (χ0) is 21.7. The van der Waals surface area contributed by atoms with E-state index in [9.17, 15) is 13.2 Å². The Labute approximate surface area is 189 Å². The fourth-order valence-corrected chi connectivity index (χ4v) is 4.90. The Kier molecular flexibility index (Phi) is 7.41. The van der Waals surface area contributed by atoms with Crippen LogP contribution in [0.1, 0.15) is 30.1 Å². The second kappa shape index (κ2) is 9.82. The number of anilines is 1. The molecule has 0 saturated carbocycles. The van der Waals surface area contributed by atoms with Crippen molar-refractivity contribution < 1.29 is 13.2 Å². The molecule has 0 aliphatic heterocycles. The van der Waals surface area contributed by atoms with Crippen LogP contribution in [0.15, 0.2) is 63.3 Å². The van der Waals surface area contributed by atoms with Crippen LogP contribution in [0, 0.1) is 0 Å². The van der Waals surface area contributed by atoms with Gasteiger partial charge in [0.25, 0.3) is 5.91 Å². The number of nitrogens with one attached hydrogen (secondary N) is 1. The monoisotopic (exact) mass is 507 g/mol. The molecule has 0 atom stereocenters. The average molecular weight is 508 g/mol. The lowest BCUT2D eigenvalue weighted by atomic mass is 10.2. The smallest absolute Gasteiger partial charge is 0.257 e. The highest BCUT2D eigenvalue weighted by molar-refractivity contribution is 9.10. The molecule has 0 fully saturated rings. The minimum Gasteiger partial charge on any atom is -0.298 e.